The fourth-order valence-corrected chi connectivity index (χ4v) is 2.36. The molecular formula is C13H19ClN2OS. The van der Waals surface area contributed by atoms with Crippen molar-refractivity contribution < 1.29 is 4.74 Å². The SMILES string of the molecule is CCN(c1ccc(C(N)=S)cc1Cl)C(C)COC. The predicted molar refractivity (Wildman–Crippen MR) is 81.7 cm³/mol. The van der Waals surface area contributed by atoms with Crippen LogP contribution in [0.2, 0.25) is 5.02 Å². The number of hydrogen-bond donors (Lipinski definition) is 1. The fourth-order valence-electron chi connectivity index (χ4n) is 1.94. The first-order valence-electron chi connectivity index (χ1n) is 5.86. The van der Waals surface area contributed by atoms with E-state index in [-0.39, 0.29) is 6.04 Å². The first kappa shape index (κ1) is 15.2. The highest BCUT2D eigenvalue weighted by Gasteiger charge is 2.16. The molecule has 0 bridgehead atoms. The molecule has 0 aliphatic rings. The van der Waals surface area contributed by atoms with E-state index in [0.29, 0.717) is 16.6 Å². The summed E-state index contributed by atoms with van der Waals surface area (Å²) in [4.78, 5) is 2.55. The summed E-state index contributed by atoms with van der Waals surface area (Å²) in [5.74, 6) is 0. The topological polar surface area (TPSA) is 38.5 Å². The van der Waals surface area contributed by atoms with E-state index in [1.807, 2.05) is 12.1 Å². The van der Waals surface area contributed by atoms with Crippen molar-refractivity contribution in [1.82, 2.24) is 0 Å². The zero-order valence-electron chi connectivity index (χ0n) is 10.9. The van der Waals surface area contributed by atoms with Crippen molar-refractivity contribution in [2.24, 2.45) is 5.73 Å². The van der Waals surface area contributed by atoms with Gasteiger partial charge in [-0.3, -0.25) is 0 Å². The van der Waals surface area contributed by atoms with E-state index >= 15 is 0 Å². The molecule has 0 saturated carbocycles. The number of nitrogens with zero attached hydrogens (tertiary/aromatic N) is 1. The molecule has 18 heavy (non-hydrogen) atoms. The first-order chi connectivity index (χ1) is 8.51. The molecule has 2 N–H and O–H groups in total. The van der Waals surface area contributed by atoms with Gasteiger partial charge in [0.05, 0.1) is 17.3 Å². The van der Waals surface area contributed by atoms with E-state index in [9.17, 15) is 0 Å². The molecule has 1 aromatic rings. The molecule has 0 radical (unpaired) electrons. The highest BCUT2D eigenvalue weighted by atomic mass is 35.5. The van der Waals surface area contributed by atoms with Gasteiger partial charge in [0.25, 0.3) is 0 Å². The molecule has 100 valence electrons. The Bertz CT molecular complexity index is 425. The van der Waals surface area contributed by atoms with Gasteiger partial charge in [-0.05, 0) is 32.0 Å². The second kappa shape index (κ2) is 6.92. The minimum atomic E-state index is 0.258. The van der Waals surface area contributed by atoms with E-state index in [2.05, 4.69) is 18.7 Å². The largest absolute Gasteiger partial charge is 0.389 e. The van der Waals surface area contributed by atoms with Crippen LogP contribution in [0.15, 0.2) is 18.2 Å². The number of ether oxygens (including phenoxy) is 1. The van der Waals surface area contributed by atoms with Gasteiger partial charge < -0.3 is 15.4 Å². The van der Waals surface area contributed by atoms with Crippen LogP contribution in [0.3, 0.4) is 0 Å². The van der Waals surface area contributed by atoms with Gasteiger partial charge in [0, 0.05) is 25.3 Å². The first-order valence-corrected chi connectivity index (χ1v) is 6.64. The summed E-state index contributed by atoms with van der Waals surface area (Å²) in [7, 11) is 1.70. The highest BCUT2D eigenvalue weighted by molar-refractivity contribution is 7.80. The third-order valence-electron chi connectivity index (χ3n) is 2.82. The van der Waals surface area contributed by atoms with Crippen molar-refractivity contribution in [2.75, 3.05) is 25.2 Å². The third-order valence-corrected chi connectivity index (χ3v) is 3.36. The Labute approximate surface area is 119 Å². The van der Waals surface area contributed by atoms with Crippen LogP contribution in [-0.4, -0.2) is 31.3 Å². The summed E-state index contributed by atoms with van der Waals surface area (Å²) in [6.45, 7) is 5.70. The molecule has 0 aromatic heterocycles. The van der Waals surface area contributed by atoms with Crippen LogP contribution in [0.5, 0.6) is 0 Å². The minimum absolute atomic E-state index is 0.258. The van der Waals surface area contributed by atoms with Crippen LogP contribution in [0.25, 0.3) is 0 Å². The molecule has 5 heteroatoms. The summed E-state index contributed by atoms with van der Waals surface area (Å²) in [5, 5.41) is 0.658. The third kappa shape index (κ3) is 3.57. The molecule has 3 nitrogen and oxygen atoms in total. The molecule has 0 heterocycles. The summed E-state index contributed by atoms with van der Waals surface area (Å²) in [6.07, 6.45) is 0. The van der Waals surface area contributed by atoms with Crippen LogP contribution < -0.4 is 10.6 Å². The smallest absolute Gasteiger partial charge is 0.104 e. The number of rotatable bonds is 6. The zero-order chi connectivity index (χ0) is 13.7. The minimum Gasteiger partial charge on any atom is -0.389 e. The van der Waals surface area contributed by atoms with Crippen molar-refractivity contribution in [2.45, 2.75) is 19.9 Å². The van der Waals surface area contributed by atoms with Gasteiger partial charge in [-0.1, -0.05) is 23.8 Å². The van der Waals surface area contributed by atoms with Gasteiger partial charge >= 0.3 is 0 Å². The number of methoxy groups -OCH3 is 1. The molecule has 1 rings (SSSR count). The highest BCUT2D eigenvalue weighted by Crippen LogP contribution is 2.28. The lowest BCUT2D eigenvalue weighted by molar-refractivity contribution is 0.182. The van der Waals surface area contributed by atoms with Gasteiger partial charge in [-0.25, -0.2) is 0 Å². The normalized spacial score (nSPS) is 12.2. The van der Waals surface area contributed by atoms with Crippen molar-refractivity contribution in [1.29, 1.82) is 0 Å². The quantitative estimate of drug-likeness (QED) is 0.816. The van der Waals surface area contributed by atoms with Crippen molar-refractivity contribution >= 4 is 34.5 Å². The zero-order valence-corrected chi connectivity index (χ0v) is 12.5. The lowest BCUT2D eigenvalue weighted by atomic mass is 10.1. The average molecular weight is 287 g/mol. The Hall–Kier alpha value is -0.840. The maximum atomic E-state index is 6.29. The van der Waals surface area contributed by atoms with E-state index in [1.54, 1.807) is 13.2 Å². The van der Waals surface area contributed by atoms with Crippen LogP contribution in [0, 0.1) is 0 Å². The number of thiocarbonyl (C=S) groups is 1. The van der Waals surface area contributed by atoms with E-state index in [0.717, 1.165) is 17.8 Å². The van der Waals surface area contributed by atoms with Crippen molar-refractivity contribution in [3.8, 4) is 0 Å². The van der Waals surface area contributed by atoms with E-state index < -0.39 is 0 Å². The Morgan fingerprint density at radius 1 is 1.56 bits per heavy atom. The maximum Gasteiger partial charge on any atom is 0.104 e. The number of benzene rings is 1. The fraction of sp³-hybridized carbons (Fsp3) is 0.462. The molecule has 0 amide bonds. The molecule has 0 spiro atoms. The van der Waals surface area contributed by atoms with Gasteiger partial charge in [0.15, 0.2) is 0 Å². The number of likely N-dealkylation sites (N-methyl/N-ethyl adjacent to an activating group) is 1. The maximum absolute atomic E-state index is 6.29. The molecule has 1 aromatic carbocycles. The molecule has 0 aliphatic carbocycles. The molecule has 0 aliphatic heterocycles. The summed E-state index contributed by atoms with van der Waals surface area (Å²) in [5.41, 5.74) is 7.35. The van der Waals surface area contributed by atoms with Crippen molar-refractivity contribution in [3.63, 3.8) is 0 Å². The van der Waals surface area contributed by atoms with Crippen molar-refractivity contribution in [3.05, 3.63) is 28.8 Å². The van der Waals surface area contributed by atoms with Gasteiger partial charge in [-0.15, -0.1) is 0 Å². The van der Waals surface area contributed by atoms with E-state index in [1.165, 1.54) is 0 Å². The predicted octanol–water partition coefficient (Wildman–Crippen LogP) is 2.84. The van der Waals surface area contributed by atoms with Gasteiger partial charge in [0.2, 0.25) is 0 Å². The van der Waals surface area contributed by atoms with Crippen LogP contribution in [-0.2, 0) is 4.74 Å². The number of anilines is 1. The van der Waals surface area contributed by atoms with Crippen LogP contribution >= 0.6 is 23.8 Å². The monoisotopic (exact) mass is 286 g/mol. The van der Waals surface area contributed by atoms with E-state index in [4.69, 9.17) is 34.3 Å². The lowest BCUT2D eigenvalue weighted by Gasteiger charge is -2.30. The molecule has 1 unspecified atom stereocenters. The van der Waals surface area contributed by atoms with Gasteiger partial charge in [-0.2, -0.15) is 0 Å². The Kier molecular flexibility index (Phi) is 5.85. The standard InChI is InChI=1S/C13H19ClN2OS/c1-4-16(9(2)8-17-3)12-6-5-10(13(15)18)7-11(12)14/h5-7,9H,4,8H2,1-3H3,(H2,15,18). The van der Waals surface area contributed by atoms with Gasteiger partial charge in [0.1, 0.15) is 4.99 Å². The van der Waals surface area contributed by atoms with Crippen LogP contribution in [0.1, 0.15) is 19.4 Å². The summed E-state index contributed by atoms with van der Waals surface area (Å²) >= 11 is 11.2. The lowest BCUT2D eigenvalue weighted by Crippen LogP contribution is -2.36. The number of halogens is 1. The second-order valence-corrected chi connectivity index (χ2v) is 4.97. The molecular weight excluding hydrogens is 268 g/mol. The number of nitrogens with two attached hydrogens (primary N) is 1. The molecule has 0 saturated heterocycles. The Balaban J connectivity index is 3.03. The average Bonchev–Trinajstić information content (AvgIpc) is 2.32. The summed E-state index contributed by atoms with van der Waals surface area (Å²) in [6, 6.07) is 5.91. The second-order valence-electron chi connectivity index (χ2n) is 4.12. The number of hydrogen-bond acceptors (Lipinski definition) is 3. The molecule has 0 fully saturated rings. The Morgan fingerprint density at radius 3 is 2.67 bits per heavy atom. The molecule has 1 atom stereocenters. The van der Waals surface area contributed by atoms with Crippen LogP contribution in [0.4, 0.5) is 5.69 Å². The summed E-state index contributed by atoms with van der Waals surface area (Å²) < 4.78 is 5.18. The Morgan fingerprint density at radius 2 is 2.22 bits per heavy atom.